The van der Waals surface area contributed by atoms with E-state index in [0.717, 1.165) is 58.0 Å². The molecule has 3 rings (SSSR count). The summed E-state index contributed by atoms with van der Waals surface area (Å²) in [6.07, 6.45) is 4.50. The van der Waals surface area contributed by atoms with Crippen molar-refractivity contribution in [3.05, 3.63) is 58.8 Å². The lowest BCUT2D eigenvalue weighted by atomic mass is 10.1. The number of aromatic nitrogens is 2. The number of guanidine groups is 1. The fourth-order valence-corrected chi connectivity index (χ4v) is 3.40. The van der Waals surface area contributed by atoms with Crippen molar-refractivity contribution in [3.63, 3.8) is 0 Å². The number of halogens is 1. The number of hydrogen-bond acceptors (Lipinski definition) is 3. The van der Waals surface area contributed by atoms with Gasteiger partial charge in [-0.3, -0.25) is 4.98 Å². The normalized spacial score (nSPS) is 11.7. The third kappa shape index (κ3) is 4.85. The molecule has 0 saturated heterocycles. The first-order valence-electron chi connectivity index (χ1n) is 9.80. The molecule has 0 aliphatic heterocycles. The highest BCUT2D eigenvalue weighted by Gasteiger charge is 2.10. The number of H-pyrrole nitrogens is 1. The van der Waals surface area contributed by atoms with Gasteiger partial charge in [0.05, 0.1) is 19.3 Å². The molecule has 0 amide bonds. The van der Waals surface area contributed by atoms with Crippen molar-refractivity contribution in [1.29, 1.82) is 0 Å². The largest absolute Gasteiger partial charge is 0.496 e. The number of aliphatic imine (C=N–C) groups is 1. The Kier molecular flexibility index (Phi) is 6.69. The second-order valence-electron chi connectivity index (χ2n) is 6.92. The van der Waals surface area contributed by atoms with Gasteiger partial charge in [-0.05, 0) is 51.0 Å². The SMILES string of the molecule is CCNC(=NCc1ncc(C)c(OC)c1C)NCCc1c[nH]c2ccc(F)cc12. The molecule has 1 aromatic carbocycles. The van der Waals surface area contributed by atoms with Crippen LogP contribution in [-0.4, -0.2) is 36.1 Å². The van der Waals surface area contributed by atoms with Gasteiger partial charge in [-0.25, -0.2) is 9.38 Å². The van der Waals surface area contributed by atoms with E-state index >= 15 is 0 Å². The van der Waals surface area contributed by atoms with Crippen LogP contribution in [0.4, 0.5) is 4.39 Å². The Bertz CT molecular complexity index is 1010. The molecule has 0 spiro atoms. The number of pyridine rings is 1. The first kappa shape index (κ1) is 20.6. The number of fused-ring (bicyclic) bond motifs is 1. The van der Waals surface area contributed by atoms with E-state index in [9.17, 15) is 4.39 Å². The van der Waals surface area contributed by atoms with Crippen molar-refractivity contribution >= 4 is 16.9 Å². The Labute approximate surface area is 170 Å². The third-order valence-corrected chi connectivity index (χ3v) is 4.90. The summed E-state index contributed by atoms with van der Waals surface area (Å²) >= 11 is 0. The van der Waals surface area contributed by atoms with E-state index in [2.05, 4.69) is 25.6 Å². The summed E-state index contributed by atoms with van der Waals surface area (Å²) in [5.74, 6) is 1.35. The zero-order valence-electron chi connectivity index (χ0n) is 17.4. The number of aromatic amines is 1. The quantitative estimate of drug-likeness (QED) is 0.420. The van der Waals surface area contributed by atoms with Gasteiger partial charge in [0, 0.05) is 47.5 Å². The summed E-state index contributed by atoms with van der Waals surface area (Å²) in [5, 5.41) is 7.51. The van der Waals surface area contributed by atoms with Gasteiger partial charge < -0.3 is 20.4 Å². The molecule has 2 heterocycles. The highest BCUT2D eigenvalue weighted by molar-refractivity contribution is 5.83. The molecule has 0 atom stereocenters. The van der Waals surface area contributed by atoms with Crippen molar-refractivity contribution in [2.75, 3.05) is 20.2 Å². The number of benzene rings is 1. The van der Waals surface area contributed by atoms with E-state index in [1.807, 2.05) is 33.2 Å². The molecule has 7 heteroatoms. The molecule has 0 radical (unpaired) electrons. The molecule has 0 aliphatic rings. The molecule has 3 aromatic rings. The van der Waals surface area contributed by atoms with Gasteiger partial charge in [0.15, 0.2) is 5.96 Å². The lowest BCUT2D eigenvalue weighted by Crippen LogP contribution is -2.38. The van der Waals surface area contributed by atoms with Crippen LogP contribution in [0.2, 0.25) is 0 Å². The summed E-state index contributed by atoms with van der Waals surface area (Å²) in [6.45, 7) is 7.90. The summed E-state index contributed by atoms with van der Waals surface area (Å²) in [7, 11) is 1.67. The monoisotopic (exact) mass is 397 g/mol. The van der Waals surface area contributed by atoms with Crippen LogP contribution >= 0.6 is 0 Å². The minimum Gasteiger partial charge on any atom is -0.496 e. The van der Waals surface area contributed by atoms with E-state index in [0.29, 0.717) is 13.1 Å². The Morgan fingerprint density at radius 2 is 2.10 bits per heavy atom. The van der Waals surface area contributed by atoms with Gasteiger partial charge in [-0.1, -0.05) is 0 Å². The van der Waals surface area contributed by atoms with Crippen LogP contribution in [0.25, 0.3) is 10.9 Å². The molecular weight excluding hydrogens is 369 g/mol. The maximum Gasteiger partial charge on any atom is 0.191 e. The average Bonchev–Trinajstić information content (AvgIpc) is 3.09. The Balaban J connectivity index is 1.66. The molecule has 29 heavy (non-hydrogen) atoms. The van der Waals surface area contributed by atoms with Gasteiger partial charge >= 0.3 is 0 Å². The Morgan fingerprint density at radius 3 is 2.86 bits per heavy atom. The van der Waals surface area contributed by atoms with Gasteiger partial charge in [0.1, 0.15) is 11.6 Å². The molecule has 0 fully saturated rings. The van der Waals surface area contributed by atoms with Crippen molar-refractivity contribution in [2.45, 2.75) is 33.7 Å². The van der Waals surface area contributed by atoms with Crippen LogP contribution < -0.4 is 15.4 Å². The second kappa shape index (κ2) is 9.41. The van der Waals surface area contributed by atoms with Crippen molar-refractivity contribution < 1.29 is 9.13 Å². The number of aryl methyl sites for hydroxylation is 1. The van der Waals surface area contributed by atoms with Gasteiger partial charge in [0.25, 0.3) is 0 Å². The minimum atomic E-state index is -0.224. The van der Waals surface area contributed by atoms with Crippen LogP contribution in [-0.2, 0) is 13.0 Å². The highest BCUT2D eigenvalue weighted by atomic mass is 19.1. The van der Waals surface area contributed by atoms with E-state index in [1.165, 1.54) is 6.07 Å². The number of nitrogens with zero attached hydrogens (tertiary/aromatic N) is 2. The highest BCUT2D eigenvalue weighted by Crippen LogP contribution is 2.24. The van der Waals surface area contributed by atoms with Gasteiger partial charge in [-0.2, -0.15) is 0 Å². The maximum absolute atomic E-state index is 13.5. The van der Waals surface area contributed by atoms with E-state index in [1.54, 1.807) is 19.2 Å². The van der Waals surface area contributed by atoms with Crippen LogP contribution in [0.15, 0.2) is 35.6 Å². The van der Waals surface area contributed by atoms with Crippen LogP contribution in [0.1, 0.15) is 29.3 Å². The predicted octanol–water partition coefficient (Wildman–Crippen LogP) is 3.63. The molecule has 0 unspecified atom stereocenters. The van der Waals surface area contributed by atoms with Crippen LogP contribution in [0, 0.1) is 19.7 Å². The molecule has 0 bridgehead atoms. The smallest absolute Gasteiger partial charge is 0.191 e. The number of nitrogens with one attached hydrogen (secondary N) is 3. The molecule has 154 valence electrons. The minimum absolute atomic E-state index is 0.224. The molecular formula is C22H28FN5O. The maximum atomic E-state index is 13.5. The summed E-state index contributed by atoms with van der Waals surface area (Å²) in [5.41, 5.74) is 4.92. The van der Waals surface area contributed by atoms with E-state index in [-0.39, 0.29) is 5.82 Å². The first-order valence-corrected chi connectivity index (χ1v) is 9.80. The number of rotatable bonds is 7. The summed E-state index contributed by atoms with van der Waals surface area (Å²) < 4.78 is 19.0. The lowest BCUT2D eigenvalue weighted by molar-refractivity contribution is 0.407. The van der Waals surface area contributed by atoms with Crippen LogP contribution in [0.3, 0.4) is 0 Å². The Morgan fingerprint density at radius 1 is 1.28 bits per heavy atom. The molecule has 0 saturated carbocycles. The standard InChI is InChI=1S/C22H28FN5O/c1-5-24-22(28-13-20-15(3)21(29-4)14(2)11-26-20)25-9-8-16-12-27-19-7-6-17(23)10-18(16)19/h6-7,10-12,27H,5,8-9,13H2,1-4H3,(H2,24,25,28). The van der Waals surface area contributed by atoms with Crippen molar-refractivity contribution in [2.24, 2.45) is 4.99 Å². The molecule has 0 aliphatic carbocycles. The van der Waals surface area contributed by atoms with Gasteiger partial charge in [0.2, 0.25) is 0 Å². The fourth-order valence-electron chi connectivity index (χ4n) is 3.40. The average molecular weight is 397 g/mol. The zero-order valence-corrected chi connectivity index (χ0v) is 17.4. The number of ether oxygens (including phenoxy) is 1. The first-order chi connectivity index (χ1) is 14.0. The summed E-state index contributed by atoms with van der Waals surface area (Å²) in [4.78, 5) is 12.3. The lowest BCUT2D eigenvalue weighted by Gasteiger charge is -2.13. The van der Waals surface area contributed by atoms with Crippen molar-refractivity contribution in [1.82, 2.24) is 20.6 Å². The zero-order chi connectivity index (χ0) is 20.8. The second-order valence-corrected chi connectivity index (χ2v) is 6.92. The van der Waals surface area contributed by atoms with Crippen LogP contribution in [0.5, 0.6) is 5.75 Å². The van der Waals surface area contributed by atoms with E-state index < -0.39 is 0 Å². The fraction of sp³-hybridized carbons (Fsp3) is 0.364. The van der Waals surface area contributed by atoms with E-state index in [4.69, 9.17) is 4.74 Å². The third-order valence-electron chi connectivity index (χ3n) is 4.90. The molecule has 6 nitrogen and oxygen atoms in total. The topological polar surface area (TPSA) is 74.3 Å². The van der Waals surface area contributed by atoms with Crippen molar-refractivity contribution in [3.8, 4) is 5.75 Å². The van der Waals surface area contributed by atoms with Gasteiger partial charge in [-0.15, -0.1) is 0 Å². The molecule has 3 N–H and O–H groups in total. The number of methoxy groups -OCH3 is 1. The number of hydrogen-bond donors (Lipinski definition) is 3. The molecule has 2 aromatic heterocycles. The predicted molar refractivity (Wildman–Crippen MR) is 115 cm³/mol. The Hall–Kier alpha value is -3.09. The summed E-state index contributed by atoms with van der Waals surface area (Å²) in [6, 6.07) is 4.80.